The molecule has 0 aliphatic heterocycles. The second kappa shape index (κ2) is 7.07. The zero-order valence-electron chi connectivity index (χ0n) is 10.9. The fourth-order valence-corrected chi connectivity index (χ4v) is 1.54. The van der Waals surface area contributed by atoms with E-state index in [0.29, 0.717) is 5.56 Å². The molecular formula is C14H22N2O. The molecule has 0 bridgehead atoms. The molecule has 0 aliphatic rings. The second-order valence-electron chi connectivity index (χ2n) is 4.64. The lowest BCUT2D eigenvalue weighted by molar-refractivity contribution is 0.0963. The Morgan fingerprint density at radius 1 is 1.24 bits per heavy atom. The maximum Gasteiger partial charge on any atom is 0.251 e. The van der Waals surface area contributed by atoms with Crippen LogP contribution in [0.5, 0.6) is 0 Å². The van der Waals surface area contributed by atoms with Gasteiger partial charge in [0.05, 0.1) is 0 Å². The molecular weight excluding hydrogens is 212 g/mol. The highest BCUT2D eigenvalue weighted by Gasteiger charge is 2.01. The van der Waals surface area contributed by atoms with E-state index in [1.165, 1.54) is 12.0 Å². The van der Waals surface area contributed by atoms with Crippen molar-refractivity contribution < 1.29 is 4.79 Å². The van der Waals surface area contributed by atoms with Crippen LogP contribution in [0.25, 0.3) is 0 Å². The Labute approximate surface area is 104 Å². The van der Waals surface area contributed by atoms with E-state index in [1.807, 2.05) is 24.3 Å². The lowest BCUT2D eigenvalue weighted by Gasteiger charge is -2.07. The van der Waals surface area contributed by atoms with Crippen molar-refractivity contribution in [2.45, 2.75) is 26.8 Å². The summed E-state index contributed by atoms with van der Waals surface area (Å²) < 4.78 is 0. The molecule has 2 N–H and O–H groups in total. The number of amides is 1. The van der Waals surface area contributed by atoms with Crippen molar-refractivity contribution in [2.24, 2.45) is 5.92 Å². The van der Waals surface area contributed by atoms with Gasteiger partial charge in [0.15, 0.2) is 0 Å². The van der Waals surface area contributed by atoms with Crippen LogP contribution in [0.2, 0.25) is 0 Å². The molecule has 1 rings (SSSR count). The Balaban J connectivity index is 2.38. The van der Waals surface area contributed by atoms with Crippen LogP contribution in [0.15, 0.2) is 24.3 Å². The third kappa shape index (κ3) is 5.00. The fraction of sp³-hybridized carbons (Fsp3) is 0.500. The van der Waals surface area contributed by atoms with Gasteiger partial charge in [-0.3, -0.25) is 4.79 Å². The van der Waals surface area contributed by atoms with Crippen molar-refractivity contribution in [3.8, 4) is 0 Å². The van der Waals surface area contributed by atoms with Crippen LogP contribution < -0.4 is 10.6 Å². The minimum Gasteiger partial charge on any atom is -0.355 e. The summed E-state index contributed by atoms with van der Waals surface area (Å²) in [4.78, 5) is 11.3. The molecule has 0 spiro atoms. The molecule has 0 aliphatic carbocycles. The third-order valence-electron chi connectivity index (χ3n) is 2.67. The number of hydrogen-bond acceptors (Lipinski definition) is 2. The van der Waals surface area contributed by atoms with E-state index in [2.05, 4.69) is 24.5 Å². The van der Waals surface area contributed by atoms with Gasteiger partial charge >= 0.3 is 0 Å². The van der Waals surface area contributed by atoms with Crippen LogP contribution in [0, 0.1) is 5.92 Å². The average molecular weight is 234 g/mol. The Kier molecular flexibility index (Phi) is 5.70. The van der Waals surface area contributed by atoms with Gasteiger partial charge in [0, 0.05) is 19.2 Å². The van der Waals surface area contributed by atoms with E-state index >= 15 is 0 Å². The van der Waals surface area contributed by atoms with E-state index in [4.69, 9.17) is 0 Å². The topological polar surface area (TPSA) is 41.1 Å². The van der Waals surface area contributed by atoms with Crippen LogP contribution in [-0.4, -0.2) is 19.5 Å². The molecule has 0 saturated carbocycles. The van der Waals surface area contributed by atoms with Crippen LogP contribution in [0.3, 0.4) is 0 Å². The van der Waals surface area contributed by atoms with Gasteiger partial charge < -0.3 is 10.6 Å². The number of hydrogen-bond donors (Lipinski definition) is 2. The number of carbonyl (C=O) groups is 1. The SMILES string of the molecule is CNC(=O)c1ccc(CNCCC(C)C)cc1. The highest BCUT2D eigenvalue weighted by molar-refractivity contribution is 5.93. The summed E-state index contributed by atoms with van der Waals surface area (Å²) in [6.45, 7) is 6.34. The quantitative estimate of drug-likeness (QED) is 0.741. The van der Waals surface area contributed by atoms with Crippen LogP contribution in [0.1, 0.15) is 36.2 Å². The summed E-state index contributed by atoms with van der Waals surface area (Å²) in [5.74, 6) is 0.697. The lowest BCUT2D eigenvalue weighted by Crippen LogP contribution is -2.18. The van der Waals surface area contributed by atoms with E-state index in [-0.39, 0.29) is 5.91 Å². The molecule has 1 aromatic carbocycles. The van der Waals surface area contributed by atoms with Crippen molar-refractivity contribution in [1.29, 1.82) is 0 Å². The normalized spacial score (nSPS) is 10.6. The lowest BCUT2D eigenvalue weighted by atomic mass is 10.1. The predicted molar refractivity (Wildman–Crippen MR) is 71.0 cm³/mol. The van der Waals surface area contributed by atoms with Crippen molar-refractivity contribution in [3.05, 3.63) is 35.4 Å². The Morgan fingerprint density at radius 2 is 1.88 bits per heavy atom. The zero-order valence-corrected chi connectivity index (χ0v) is 10.9. The average Bonchev–Trinajstić information content (AvgIpc) is 2.34. The third-order valence-corrected chi connectivity index (χ3v) is 2.67. The van der Waals surface area contributed by atoms with Crippen molar-refractivity contribution in [1.82, 2.24) is 10.6 Å². The largest absolute Gasteiger partial charge is 0.355 e. The van der Waals surface area contributed by atoms with Gasteiger partial charge in [-0.05, 0) is 36.6 Å². The maximum atomic E-state index is 11.3. The number of benzene rings is 1. The van der Waals surface area contributed by atoms with Gasteiger partial charge in [-0.15, -0.1) is 0 Å². The second-order valence-corrected chi connectivity index (χ2v) is 4.64. The highest BCUT2D eigenvalue weighted by atomic mass is 16.1. The molecule has 17 heavy (non-hydrogen) atoms. The molecule has 3 heteroatoms. The molecule has 0 fully saturated rings. The molecule has 1 aromatic rings. The summed E-state index contributed by atoms with van der Waals surface area (Å²) in [5.41, 5.74) is 1.92. The fourth-order valence-electron chi connectivity index (χ4n) is 1.54. The zero-order chi connectivity index (χ0) is 12.7. The molecule has 3 nitrogen and oxygen atoms in total. The monoisotopic (exact) mass is 234 g/mol. The van der Waals surface area contributed by atoms with E-state index in [9.17, 15) is 4.79 Å². The molecule has 1 amide bonds. The van der Waals surface area contributed by atoms with Crippen molar-refractivity contribution in [2.75, 3.05) is 13.6 Å². The van der Waals surface area contributed by atoms with Crippen LogP contribution >= 0.6 is 0 Å². The van der Waals surface area contributed by atoms with Crippen LogP contribution in [-0.2, 0) is 6.54 Å². The first-order valence-corrected chi connectivity index (χ1v) is 6.15. The maximum absolute atomic E-state index is 11.3. The smallest absolute Gasteiger partial charge is 0.251 e. The Morgan fingerprint density at radius 3 is 2.41 bits per heavy atom. The van der Waals surface area contributed by atoms with Gasteiger partial charge in [0.1, 0.15) is 0 Å². The predicted octanol–water partition coefficient (Wildman–Crippen LogP) is 2.18. The van der Waals surface area contributed by atoms with Crippen molar-refractivity contribution >= 4 is 5.91 Å². The van der Waals surface area contributed by atoms with Crippen molar-refractivity contribution in [3.63, 3.8) is 0 Å². The minimum atomic E-state index is -0.0377. The summed E-state index contributed by atoms with van der Waals surface area (Å²) in [6, 6.07) is 7.70. The van der Waals surface area contributed by atoms with Gasteiger partial charge in [-0.2, -0.15) is 0 Å². The van der Waals surface area contributed by atoms with E-state index < -0.39 is 0 Å². The molecule has 0 saturated heterocycles. The van der Waals surface area contributed by atoms with E-state index in [1.54, 1.807) is 7.05 Å². The molecule has 94 valence electrons. The molecule has 0 atom stereocenters. The molecule has 0 heterocycles. The molecule has 0 radical (unpaired) electrons. The standard InChI is InChI=1S/C14H22N2O/c1-11(2)8-9-16-10-12-4-6-13(7-5-12)14(17)15-3/h4-7,11,16H,8-10H2,1-3H3,(H,15,17). The minimum absolute atomic E-state index is 0.0377. The summed E-state index contributed by atoms with van der Waals surface area (Å²) in [7, 11) is 1.64. The van der Waals surface area contributed by atoms with Gasteiger partial charge in [-0.1, -0.05) is 26.0 Å². The van der Waals surface area contributed by atoms with Gasteiger partial charge in [0.25, 0.3) is 5.91 Å². The van der Waals surface area contributed by atoms with Gasteiger partial charge in [0.2, 0.25) is 0 Å². The first-order chi connectivity index (χ1) is 8.13. The number of nitrogens with one attached hydrogen (secondary N) is 2. The first-order valence-electron chi connectivity index (χ1n) is 6.15. The number of rotatable bonds is 6. The van der Waals surface area contributed by atoms with Gasteiger partial charge in [-0.25, -0.2) is 0 Å². The number of carbonyl (C=O) groups excluding carboxylic acids is 1. The van der Waals surface area contributed by atoms with E-state index in [0.717, 1.165) is 19.0 Å². The summed E-state index contributed by atoms with van der Waals surface area (Å²) in [6.07, 6.45) is 1.19. The molecule has 0 aromatic heterocycles. The van der Waals surface area contributed by atoms with Crippen LogP contribution in [0.4, 0.5) is 0 Å². The Bertz CT molecular complexity index is 344. The highest BCUT2D eigenvalue weighted by Crippen LogP contribution is 2.04. The molecule has 0 unspecified atom stereocenters. The Hall–Kier alpha value is -1.35. The first kappa shape index (κ1) is 13.7. The summed E-state index contributed by atoms with van der Waals surface area (Å²) in [5, 5.41) is 6.01. The summed E-state index contributed by atoms with van der Waals surface area (Å²) >= 11 is 0.